The zero-order valence-electron chi connectivity index (χ0n) is 13.4. The first-order valence-electron chi connectivity index (χ1n) is 8.33. The monoisotopic (exact) mass is 288 g/mol. The van der Waals surface area contributed by atoms with E-state index >= 15 is 0 Å². The summed E-state index contributed by atoms with van der Waals surface area (Å²) in [6, 6.07) is 9.14. The van der Waals surface area contributed by atoms with Gasteiger partial charge in [-0.15, -0.1) is 0 Å². The van der Waals surface area contributed by atoms with Gasteiger partial charge in [-0.05, 0) is 37.5 Å². The lowest BCUT2D eigenvalue weighted by Crippen LogP contribution is -2.63. The number of hydrogen-bond donors (Lipinski definition) is 1. The second-order valence-electron chi connectivity index (χ2n) is 6.82. The second-order valence-corrected chi connectivity index (χ2v) is 6.82. The molecule has 0 bridgehead atoms. The number of ether oxygens (including phenoxy) is 1. The largest absolute Gasteiger partial charge is 0.497 e. The van der Waals surface area contributed by atoms with E-state index in [1.54, 1.807) is 7.11 Å². The van der Waals surface area contributed by atoms with Gasteiger partial charge in [0.1, 0.15) is 5.75 Å². The van der Waals surface area contributed by atoms with E-state index in [0.717, 1.165) is 18.8 Å². The average molecular weight is 288 g/mol. The highest BCUT2D eigenvalue weighted by Crippen LogP contribution is 2.32. The zero-order valence-corrected chi connectivity index (χ0v) is 13.4. The van der Waals surface area contributed by atoms with Crippen LogP contribution in [-0.2, 0) is 6.54 Å². The number of rotatable bonds is 3. The Morgan fingerprint density at radius 2 is 1.90 bits per heavy atom. The van der Waals surface area contributed by atoms with Crippen LogP contribution in [0.15, 0.2) is 24.3 Å². The maximum absolute atomic E-state index is 5.25. The fourth-order valence-electron chi connectivity index (χ4n) is 3.83. The fourth-order valence-corrected chi connectivity index (χ4v) is 3.83. The van der Waals surface area contributed by atoms with E-state index < -0.39 is 0 Å². The van der Waals surface area contributed by atoms with E-state index in [2.05, 4.69) is 41.4 Å². The topological polar surface area (TPSA) is 24.5 Å². The van der Waals surface area contributed by atoms with Crippen molar-refractivity contribution < 1.29 is 4.74 Å². The Kier molecular flexibility index (Phi) is 4.51. The van der Waals surface area contributed by atoms with Crippen molar-refractivity contribution in [1.82, 2.24) is 10.2 Å². The van der Waals surface area contributed by atoms with Crippen molar-refractivity contribution in [3.05, 3.63) is 29.8 Å². The van der Waals surface area contributed by atoms with E-state index in [1.165, 1.54) is 44.2 Å². The highest BCUT2D eigenvalue weighted by atomic mass is 16.5. The van der Waals surface area contributed by atoms with Crippen molar-refractivity contribution >= 4 is 0 Å². The number of methoxy groups -OCH3 is 1. The van der Waals surface area contributed by atoms with E-state index in [4.69, 9.17) is 4.74 Å². The Labute approximate surface area is 128 Å². The van der Waals surface area contributed by atoms with Crippen LogP contribution >= 0.6 is 0 Å². The van der Waals surface area contributed by atoms with Crippen LogP contribution in [0.3, 0.4) is 0 Å². The first-order valence-corrected chi connectivity index (χ1v) is 8.33. The summed E-state index contributed by atoms with van der Waals surface area (Å²) in [6.45, 7) is 5.71. The Balaban J connectivity index is 1.67. The maximum Gasteiger partial charge on any atom is 0.118 e. The van der Waals surface area contributed by atoms with Crippen molar-refractivity contribution in [2.75, 3.05) is 20.2 Å². The molecule has 0 amide bonds. The summed E-state index contributed by atoms with van der Waals surface area (Å²) in [7, 11) is 1.72. The molecule has 21 heavy (non-hydrogen) atoms. The molecule has 1 aliphatic heterocycles. The lowest BCUT2D eigenvalue weighted by Gasteiger charge is -2.49. The van der Waals surface area contributed by atoms with Crippen LogP contribution in [0.25, 0.3) is 0 Å². The number of piperazine rings is 1. The number of nitrogens with zero attached hydrogens (tertiary/aromatic N) is 1. The molecule has 1 heterocycles. The van der Waals surface area contributed by atoms with Gasteiger partial charge in [0.25, 0.3) is 0 Å². The predicted octanol–water partition coefficient (Wildman–Crippen LogP) is 3.19. The normalized spacial score (nSPS) is 25.9. The minimum atomic E-state index is 0.386. The number of nitrogens with one attached hydrogen (secondary N) is 1. The molecule has 1 N–H and O–H groups in total. The molecule has 1 saturated carbocycles. The SMILES string of the molecule is COc1ccc(CN2CC3(CCCCC3)NCC2C)cc1. The molecule has 116 valence electrons. The molecule has 2 aliphatic rings. The number of hydrogen-bond acceptors (Lipinski definition) is 3. The van der Waals surface area contributed by atoms with E-state index in [-0.39, 0.29) is 0 Å². The van der Waals surface area contributed by atoms with Crippen LogP contribution < -0.4 is 10.1 Å². The molecule has 0 radical (unpaired) electrons. The third-order valence-corrected chi connectivity index (χ3v) is 5.26. The molecular weight excluding hydrogens is 260 g/mol. The molecule has 1 atom stereocenters. The summed E-state index contributed by atoms with van der Waals surface area (Å²) in [5.41, 5.74) is 1.77. The summed E-state index contributed by atoms with van der Waals surface area (Å²) in [4.78, 5) is 2.66. The molecule has 1 aliphatic carbocycles. The third kappa shape index (κ3) is 3.41. The minimum Gasteiger partial charge on any atom is -0.497 e. The van der Waals surface area contributed by atoms with Gasteiger partial charge in [-0.25, -0.2) is 0 Å². The van der Waals surface area contributed by atoms with Gasteiger partial charge in [0.15, 0.2) is 0 Å². The average Bonchev–Trinajstić information content (AvgIpc) is 2.53. The van der Waals surface area contributed by atoms with Crippen LogP contribution in [0.5, 0.6) is 5.75 Å². The van der Waals surface area contributed by atoms with Crippen molar-refractivity contribution in [3.8, 4) is 5.75 Å². The molecule has 0 aromatic heterocycles. The number of benzene rings is 1. The molecule has 3 rings (SSSR count). The van der Waals surface area contributed by atoms with Gasteiger partial charge in [0.05, 0.1) is 7.11 Å². The quantitative estimate of drug-likeness (QED) is 0.924. The standard InChI is InChI=1S/C18H28N2O/c1-15-12-19-18(10-4-3-5-11-18)14-20(15)13-16-6-8-17(21-2)9-7-16/h6-9,15,19H,3-5,10-14H2,1-2H3. The van der Waals surface area contributed by atoms with Crippen LogP contribution in [0.2, 0.25) is 0 Å². The van der Waals surface area contributed by atoms with Crippen molar-refractivity contribution in [2.24, 2.45) is 0 Å². The second kappa shape index (κ2) is 6.37. The molecular formula is C18H28N2O. The van der Waals surface area contributed by atoms with Crippen molar-refractivity contribution in [3.63, 3.8) is 0 Å². The predicted molar refractivity (Wildman–Crippen MR) is 86.7 cm³/mol. The van der Waals surface area contributed by atoms with Crippen LogP contribution in [0, 0.1) is 0 Å². The molecule has 2 fully saturated rings. The highest BCUT2D eigenvalue weighted by Gasteiger charge is 2.38. The summed E-state index contributed by atoms with van der Waals surface area (Å²) >= 11 is 0. The summed E-state index contributed by atoms with van der Waals surface area (Å²) in [5, 5.41) is 3.86. The molecule has 3 nitrogen and oxygen atoms in total. The Bertz CT molecular complexity index is 451. The van der Waals surface area contributed by atoms with Gasteiger partial charge in [0, 0.05) is 31.2 Å². The lowest BCUT2D eigenvalue weighted by molar-refractivity contribution is 0.0573. The Morgan fingerprint density at radius 3 is 2.57 bits per heavy atom. The third-order valence-electron chi connectivity index (χ3n) is 5.26. The maximum atomic E-state index is 5.25. The first kappa shape index (κ1) is 14.9. The summed E-state index contributed by atoms with van der Waals surface area (Å²) < 4.78 is 5.25. The Morgan fingerprint density at radius 1 is 1.19 bits per heavy atom. The van der Waals surface area contributed by atoms with Crippen LogP contribution in [0.4, 0.5) is 0 Å². The van der Waals surface area contributed by atoms with Gasteiger partial charge in [0.2, 0.25) is 0 Å². The lowest BCUT2D eigenvalue weighted by atomic mass is 9.79. The van der Waals surface area contributed by atoms with E-state index in [1.807, 2.05) is 0 Å². The zero-order chi connectivity index (χ0) is 14.7. The van der Waals surface area contributed by atoms with Crippen LogP contribution in [-0.4, -0.2) is 36.7 Å². The van der Waals surface area contributed by atoms with Gasteiger partial charge in [-0.1, -0.05) is 31.4 Å². The van der Waals surface area contributed by atoms with Gasteiger partial charge >= 0.3 is 0 Å². The summed E-state index contributed by atoms with van der Waals surface area (Å²) in [5.74, 6) is 0.941. The van der Waals surface area contributed by atoms with E-state index in [9.17, 15) is 0 Å². The fraction of sp³-hybridized carbons (Fsp3) is 0.667. The molecule has 1 spiro atoms. The van der Waals surface area contributed by atoms with Gasteiger partial charge in [-0.3, -0.25) is 4.90 Å². The minimum absolute atomic E-state index is 0.386. The summed E-state index contributed by atoms with van der Waals surface area (Å²) in [6.07, 6.45) is 6.88. The molecule has 1 unspecified atom stereocenters. The Hall–Kier alpha value is -1.06. The molecule has 1 saturated heterocycles. The highest BCUT2D eigenvalue weighted by molar-refractivity contribution is 5.27. The van der Waals surface area contributed by atoms with Gasteiger partial charge in [-0.2, -0.15) is 0 Å². The van der Waals surface area contributed by atoms with E-state index in [0.29, 0.717) is 11.6 Å². The van der Waals surface area contributed by atoms with Gasteiger partial charge < -0.3 is 10.1 Å². The van der Waals surface area contributed by atoms with Crippen LogP contribution in [0.1, 0.15) is 44.6 Å². The van der Waals surface area contributed by atoms with Crippen molar-refractivity contribution in [1.29, 1.82) is 0 Å². The molecule has 1 aromatic carbocycles. The molecule has 3 heteroatoms. The first-order chi connectivity index (χ1) is 10.2. The van der Waals surface area contributed by atoms with Crippen molar-refractivity contribution in [2.45, 2.75) is 57.2 Å². The molecule has 1 aromatic rings. The smallest absolute Gasteiger partial charge is 0.118 e.